The first-order chi connectivity index (χ1) is 18.8. The number of likely N-dealkylation sites (tertiary alicyclic amines) is 1. The van der Waals surface area contributed by atoms with E-state index in [1.54, 1.807) is 4.90 Å². The molecule has 1 saturated heterocycles. The summed E-state index contributed by atoms with van der Waals surface area (Å²) in [5, 5.41) is 7.48. The van der Waals surface area contributed by atoms with Crippen LogP contribution in [0, 0.1) is 17.6 Å². The minimum absolute atomic E-state index is 0.0176. The molecule has 2 amide bonds. The monoisotopic (exact) mass is 529 g/mol. The Kier molecular flexibility index (Phi) is 6.50. The standard InChI is InChI=1S/C30H29F2N5O2/c1-17-12-24(9-11-37(17)30(39)20-13-21(31)15-22(32)14-20)34-23-6-4-18(5-7-23)26-16-27(36-29(38)19-2-3-19)35-28-25(26)8-10-33-28/h4-8,10,13-17,19,24,34H,2-3,9,11-12H2,1H3,(H2,33,35,36,38)/t17-,24?/m0/s1. The average molecular weight is 530 g/mol. The number of halogens is 2. The van der Waals surface area contributed by atoms with Crippen LogP contribution < -0.4 is 10.6 Å². The van der Waals surface area contributed by atoms with Gasteiger partial charge in [-0.15, -0.1) is 0 Å². The highest BCUT2D eigenvalue weighted by Crippen LogP contribution is 2.33. The first-order valence-electron chi connectivity index (χ1n) is 13.3. The summed E-state index contributed by atoms with van der Waals surface area (Å²) in [7, 11) is 0. The number of carbonyl (C=O) groups excluding carboxylic acids is 2. The molecule has 9 heteroatoms. The highest BCUT2D eigenvalue weighted by molar-refractivity contribution is 5.99. The summed E-state index contributed by atoms with van der Waals surface area (Å²) in [6.45, 7) is 2.45. The van der Waals surface area contributed by atoms with Crippen LogP contribution in [-0.2, 0) is 4.79 Å². The van der Waals surface area contributed by atoms with E-state index in [-0.39, 0.29) is 35.4 Å². The van der Waals surface area contributed by atoms with Gasteiger partial charge in [0.05, 0.1) is 0 Å². The molecule has 1 aliphatic carbocycles. The number of hydrogen-bond acceptors (Lipinski definition) is 4. The summed E-state index contributed by atoms with van der Waals surface area (Å²) in [6, 6.07) is 15.0. The van der Waals surface area contributed by atoms with E-state index in [9.17, 15) is 18.4 Å². The van der Waals surface area contributed by atoms with E-state index >= 15 is 0 Å². The van der Waals surface area contributed by atoms with Crippen LogP contribution in [0.4, 0.5) is 20.3 Å². The first kappa shape index (κ1) is 25.0. The number of nitrogens with zero attached hydrogens (tertiary/aromatic N) is 2. The van der Waals surface area contributed by atoms with E-state index in [2.05, 4.69) is 20.6 Å². The second-order valence-corrected chi connectivity index (χ2v) is 10.5. The van der Waals surface area contributed by atoms with Gasteiger partial charge in [0, 0.05) is 53.4 Å². The van der Waals surface area contributed by atoms with Crippen molar-refractivity contribution in [3.63, 3.8) is 0 Å². The number of aromatic nitrogens is 2. The molecule has 4 aromatic rings. The highest BCUT2D eigenvalue weighted by atomic mass is 19.1. The normalized spacial score (nSPS) is 19.2. The van der Waals surface area contributed by atoms with Crippen molar-refractivity contribution in [2.24, 2.45) is 5.92 Å². The van der Waals surface area contributed by atoms with E-state index in [0.29, 0.717) is 25.2 Å². The Morgan fingerprint density at radius 3 is 2.44 bits per heavy atom. The Morgan fingerprint density at radius 2 is 1.74 bits per heavy atom. The Balaban J connectivity index is 1.13. The minimum atomic E-state index is -0.755. The number of anilines is 2. The molecule has 2 aromatic carbocycles. The molecule has 200 valence electrons. The lowest BCUT2D eigenvalue weighted by Gasteiger charge is -2.38. The predicted octanol–water partition coefficient (Wildman–Crippen LogP) is 5.96. The van der Waals surface area contributed by atoms with E-state index < -0.39 is 11.6 Å². The summed E-state index contributed by atoms with van der Waals surface area (Å²) in [5.74, 6) is -1.22. The van der Waals surface area contributed by atoms with Crippen molar-refractivity contribution in [3.05, 3.63) is 78.0 Å². The Labute approximate surface area is 224 Å². The molecule has 1 unspecified atom stereocenters. The number of pyridine rings is 1. The van der Waals surface area contributed by atoms with Crippen molar-refractivity contribution in [1.82, 2.24) is 14.9 Å². The van der Waals surface area contributed by atoms with Crippen molar-refractivity contribution in [1.29, 1.82) is 0 Å². The number of hydrogen-bond donors (Lipinski definition) is 3. The van der Waals surface area contributed by atoms with Gasteiger partial charge < -0.3 is 20.5 Å². The van der Waals surface area contributed by atoms with E-state index in [1.807, 2.05) is 49.5 Å². The molecule has 3 N–H and O–H groups in total. The maximum atomic E-state index is 13.6. The van der Waals surface area contributed by atoms with Gasteiger partial charge in [-0.3, -0.25) is 9.59 Å². The minimum Gasteiger partial charge on any atom is -0.382 e. The Bertz CT molecular complexity index is 1530. The van der Waals surface area contributed by atoms with Crippen molar-refractivity contribution in [2.75, 3.05) is 17.2 Å². The fourth-order valence-corrected chi connectivity index (χ4v) is 5.34. The lowest BCUT2D eigenvalue weighted by molar-refractivity contribution is -0.117. The number of carbonyl (C=O) groups is 2. The molecule has 39 heavy (non-hydrogen) atoms. The molecule has 1 aliphatic heterocycles. The topological polar surface area (TPSA) is 90.1 Å². The van der Waals surface area contributed by atoms with E-state index in [0.717, 1.165) is 58.9 Å². The third-order valence-electron chi connectivity index (χ3n) is 7.54. The summed E-state index contributed by atoms with van der Waals surface area (Å²) < 4.78 is 27.2. The maximum Gasteiger partial charge on any atom is 0.254 e. The number of H-pyrrole nitrogens is 1. The van der Waals surface area contributed by atoms with Gasteiger partial charge in [0.15, 0.2) is 0 Å². The number of amides is 2. The number of fused-ring (bicyclic) bond motifs is 1. The fraction of sp³-hybridized carbons (Fsp3) is 0.300. The quantitative estimate of drug-likeness (QED) is 0.287. The zero-order valence-corrected chi connectivity index (χ0v) is 21.5. The van der Waals surface area contributed by atoms with E-state index in [1.165, 1.54) is 0 Å². The number of benzene rings is 2. The highest BCUT2D eigenvalue weighted by Gasteiger charge is 2.31. The zero-order valence-electron chi connectivity index (χ0n) is 21.5. The molecule has 6 rings (SSSR count). The van der Waals surface area contributed by atoms with Gasteiger partial charge in [-0.25, -0.2) is 13.8 Å². The number of aromatic amines is 1. The van der Waals surface area contributed by atoms with Crippen LogP contribution in [0.15, 0.2) is 60.8 Å². The molecule has 0 radical (unpaired) electrons. The van der Waals surface area contributed by atoms with Gasteiger partial charge in [0.2, 0.25) is 5.91 Å². The van der Waals surface area contributed by atoms with Gasteiger partial charge in [0.1, 0.15) is 23.1 Å². The van der Waals surface area contributed by atoms with Crippen molar-refractivity contribution < 1.29 is 18.4 Å². The third kappa shape index (κ3) is 5.34. The Hall–Kier alpha value is -4.27. The smallest absolute Gasteiger partial charge is 0.254 e. The van der Waals surface area contributed by atoms with Crippen LogP contribution in [0.25, 0.3) is 22.2 Å². The summed E-state index contributed by atoms with van der Waals surface area (Å²) in [4.78, 5) is 34.6. The molecular formula is C30H29F2N5O2. The van der Waals surface area contributed by atoms with Crippen LogP contribution in [-0.4, -0.2) is 45.3 Å². The van der Waals surface area contributed by atoms with Crippen molar-refractivity contribution in [2.45, 2.75) is 44.7 Å². The molecule has 3 heterocycles. The molecule has 2 aliphatic rings. The van der Waals surface area contributed by atoms with Gasteiger partial charge >= 0.3 is 0 Å². The second kappa shape index (κ2) is 10.1. The van der Waals surface area contributed by atoms with Crippen LogP contribution in [0.3, 0.4) is 0 Å². The van der Waals surface area contributed by atoms with Crippen LogP contribution in [0.2, 0.25) is 0 Å². The molecule has 2 fully saturated rings. The molecule has 0 bridgehead atoms. The predicted molar refractivity (Wildman–Crippen MR) is 146 cm³/mol. The number of rotatable bonds is 6. The average Bonchev–Trinajstić information content (AvgIpc) is 3.66. The third-order valence-corrected chi connectivity index (χ3v) is 7.54. The fourth-order valence-electron chi connectivity index (χ4n) is 5.34. The van der Waals surface area contributed by atoms with Crippen LogP contribution in [0.1, 0.15) is 43.0 Å². The van der Waals surface area contributed by atoms with Crippen LogP contribution in [0.5, 0.6) is 0 Å². The molecule has 7 nitrogen and oxygen atoms in total. The van der Waals surface area contributed by atoms with Crippen molar-refractivity contribution >= 4 is 34.4 Å². The SMILES string of the molecule is C[C@H]1CC(Nc2ccc(-c3cc(NC(=O)C4CC4)nc4[nH]ccc34)cc2)CCN1C(=O)c1cc(F)cc(F)c1. The number of nitrogens with one attached hydrogen (secondary N) is 3. The molecule has 2 atom stereocenters. The molecule has 1 saturated carbocycles. The molecular weight excluding hydrogens is 500 g/mol. The first-order valence-corrected chi connectivity index (χ1v) is 13.3. The zero-order chi connectivity index (χ0) is 27.1. The van der Waals surface area contributed by atoms with Gasteiger partial charge in [-0.1, -0.05) is 12.1 Å². The van der Waals surface area contributed by atoms with E-state index in [4.69, 9.17) is 0 Å². The Morgan fingerprint density at radius 1 is 1.00 bits per heavy atom. The van der Waals surface area contributed by atoms with Crippen LogP contribution >= 0.6 is 0 Å². The second-order valence-electron chi connectivity index (χ2n) is 10.5. The van der Waals surface area contributed by atoms with Gasteiger partial charge in [0.25, 0.3) is 5.91 Å². The molecule has 0 spiro atoms. The van der Waals surface area contributed by atoms with Crippen molar-refractivity contribution in [3.8, 4) is 11.1 Å². The summed E-state index contributed by atoms with van der Waals surface area (Å²) in [5.41, 5.74) is 3.70. The largest absolute Gasteiger partial charge is 0.382 e. The maximum absolute atomic E-state index is 13.6. The number of piperidine rings is 1. The summed E-state index contributed by atoms with van der Waals surface area (Å²) >= 11 is 0. The lowest BCUT2D eigenvalue weighted by Crippen LogP contribution is -2.48. The summed E-state index contributed by atoms with van der Waals surface area (Å²) in [6.07, 6.45) is 5.13. The van der Waals surface area contributed by atoms with Gasteiger partial charge in [-0.05, 0) is 80.1 Å². The lowest BCUT2D eigenvalue weighted by atomic mass is 9.96. The molecule has 2 aromatic heterocycles. The van der Waals surface area contributed by atoms with Gasteiger partial charge in [-0.2, -0.15) is 0 Å².